The summed E-state index contributed by atoms with van der Waals surface area (Å²) in [5, 5.41) is 7.65. The van der Waals surface area contributed by atoms with Crippen LogP contribution in [0.4, 0.5) is 0 Å². The van der Waals surface area contributed by atoms with Gasteiger partial charge in [0.1, 0.15) is 6.10 Å². The zero-order chi connectivity index (χ0) is 8.36. The highest BCUT2D eigenvalue weighted by molar-refractivity contribution is 7.87. The quantitative estimate of drug-likeness (QED) is 0.407. The average molecular weight is 185 g/mol. The molecule has 0 saturated heterocycles. The monoisotopic (exact) mass is 185 g/mol. The third-order valence-electron chi connectivity index (χ3n) is 1.14. The molecule has 11 heavy (non-hydrogen) atoms. The third kappa shape index (κ3) is 3.66. The van der Waals surface area contributed by atoms with Gasteiger partial charge in [-0.05, 0) is 6.92 Å². The van der Waals surface area contributed by atoms with Crippen LogP contribution in [0.3, 0.4) is 0 Å². The Hall–Kier alpha value is -0.170. The van der Waals surface area contributed by atoms with Crippen LogP contribution in [0.1, 0.15) is 6.92 Å². The summed E-state index contributed by atoms with van der Waals surface area (Å²) in [7, 11) is -2.62. The molecule has 0 rings (SSSR count). The SMILES string of the molecule is COS(=O)(=O)C([NH3+])C(C)O.[CH3-]. The molecule has 4 N–H and O–H groups in total. The molecular formula is C5H15NO4S. The van der Waals surface area contributed by atoms with Crippen LogP contribution in [-0.4, -0.2) is 32.1 Å². The number of aliphatic hydroxyl groups is 1. The van der Waals surface area contributed by atoms with E-state index in [-0.39, 0.29) is 7.43 Å². The predicted molar refractivity (Wildman–Crippen MR) is 40.7 cm³/mol. The predicted octanol–water partition coefficient (Wildman–Crippen LogP) is -1.64. The van der Waals surface area contributed by atoms with Crippen LogP contribution in [0, 0.1) is 7.43 Å². The van der Waals surface area contributed by atoms with Crippen molar-refractivity contribution in [2.24, 2.45) is 0 Å². The van der Waals surface area contributed by atoms with Gasteiger partial charge < -0.3 is 18.3 Å². The Morgan fingerprint density at radius 3 is 2.00 bits per heavy atom. The molecule has 2 atom stereocenters. The molecule has 0 radical (unpaired) electrons. The lowest BCUT2D eigenvalue weighted by atomic mass is 10.4. The smallest absolute Gasteiger partial charge is 0.324 e. The number of hydrogen-bond acceptors (Lipinski definition) is 4. The van der Waals surface area contributed by atoms with Crippen molar-refractivity contribution in [2.75, 3.05) is 7.11 Å². The molecule has 0 fully saturated rings. The molecule has 0 aliphatic rings. The minimum Gasteiger partial charge on any atom is -0.386 e. The zero-order valence-corrected chi connectivity index (χ0v) is 7.76. The topological polar surface area (TPSA) is 91.2 Å². The van der Waals surface area contributed by atoms with Crippen molar-refractivity contribution in [2.45, 2.75) is 18.4 Å². The molecule has 0 spiro atoms. The van der Waals surface area contributed by atoms with Crippen LogP contribution in [0.5, 0.6) is 0 Å². The Morgan fingerprint density at radius 2 is 1.91 bits per heavy atom. The van der Waals surface area contributed by atoms with Crippen LogP contribution in [0.2, 0.25) is 0 Å². The molecule has 0 aromatic carbocycles. The van der Waals surface area contributed by atoms with Crippen LogP contribution >= 0.6 is 0 Å². The molecular weight excluding hydrogens is 170 g/mol. The van der Waals surface area contributed by atoms with Crippen LogP contribution in [-0.2, 0) is 14.3 Å². The van der Waals surface area contributed by atoms with E-state index in [1.54, 1.807) is 0 Å². The fourth-order valence-electron chi connectivity index (χ4n) is 0.365. The van der Waals surface area contributed by atoms with E-state index in [9.17, 15) is 8.42 Å². The number of hydrogen-bond donors (Lipinski definition) is 2. The molecule has 2 unspecified atom stereocenters. The standard InChI is InChI=1S/C4H11NO4S.CH3/c1-3(6)4(5)10(7,8)9-2;/h3-4,6H,5H2,1-2H3;1H3/q;-1/p+1. The summed E-state index contributed by atoms with van der Waals surface area (Å²) < 4.78 is 25.5. The van der Waals surface area contributed by atoms with E-state index in [1.165, 1.54) is 6.92 Å². The minimum absolute atomic E-state index is 0. The first-order valence-corrected chi connectivity index (χ1v) is 4.19. The molecule has 6 heteroatoms. The van der Waals surface area contributed by atoms with Gasteiger partial charge in [-0.3, -0.25) is 4.18 Å². The number of rotatable bonds is 3. The molecule has 0 aromatic heterocycles. The molecule has 0 amide bonds. The Morgan fingerprint density at radius 1 is 1.55 bits per heavy atom. The van der Waals surface area contributed by atoms with Crippen LogP contribution in [0.15, 0.2) is 0 Å². The summed E-state index contributed by atoms with van der Waals surface area (Å²) in [5.74, 6) is 0. The van der Waals surface area contributed by atoms with Crippen LogP contribution < -0.4 is 5.73 Å². The molecule has 5 nitrogen and oxygen atoms in total. The summed E-state index contributed by atoms with van der Waals surface area (Å²) in [6.45, 7) is 1.34. The van der Waals surface area contributed by atoms with E-state index in [1.807, 2.05) is 0 Å². The fraction of sp³-hybridized carbons (Fsp3) is 0.800. The van der Waals surface area contributed by atoms with Crippen molar-refractivity contribution < 1.29 is 23.4 Å². The Kier molecular flexibility index (Phi) is 5.68. The van der Waals surface area contributed by atoms with Gasteiger partial charge in [-0.15, -0.1) is 0 Å². The number of quaternary nitrogens is 1. The van der Waals surface area contributed by atoms with Crippen molar-refractivity contribution in [3.8, 4) is 0 Å². The van der Waals surface area contributed by atoms with Gasteiger partial charge in [-0.25, -0.2) is 0 Å². The van der Waals surface area contributed by atoms with Crippen LogP contribution in [0.25, 0.3) is 0 Å². The van der Waals surface area contributed by atoms with Crippen molar-refractivity contribution >= 4 is 10.1 Å². The van der Waals surface area contributed by atoms with E-state index in [0.717, 1.165) is 7.11 Å². The second-order valence-corrected chi connectivity index (χ2v) is 3.86. The van der Waals surface area contributed by atoms with Gasteiger partial charge >= 0.3 is 10.1 Å². The van der Waals surface area contributed by atoms with Gasteiger partial charge in [0.2, 0.25) is 5.37 Å². The largest absolute Gasteiger partial charge is 0.386 e. The highest BCUT2D eigenvalue weighted by atomic mass is 32.2. The van der Waals surface area contributed by atoms with E-state index in [0.29, 0.717) is 0 Å². The molecule has 0 heterocycles. The first-order valence-electron chi connectivity index (χ1n) is 2.72. The second-order valence-electron chi connectivity index (χ2n) is 1.94. The van der Waals surface area contributed by atoms with Gasteiger partial charge in [0, 0.05) is 0 Å². The van der Waals surface area contributed by atoms with Gasteiger partial charge in [-0.2, -0.15) is 8.42 Å². The Bertz CT molecular complexity index is 187. The first kappa shape index (κ1) is 13.4. The van der Waals surface area contributed by atoms with Crippen molar-refractivity contribution in [1.29, 1.82) is 0 Å². The second kappa shape index (κ2) is 4.66. The maximum Gasteiger partial charge on any atom is 0.324 e. The van der Waals surface area contributed by atoms with Crippen molar-refractivity contribution in [1.82, 2.24) is 0 Å². The van der Waals surface area contributed by atoms with Crippen molar-refractivity contribution in [3.63, 3.8) is 0 Å². The summed E-state index contributed by atoms with van der Waals surface area (Å²) in [5.41, 5.74) is 3.22. The Labute approximate surface area is 67.3 Å². The summed E-state index contributed by atoms with van der Waals surface area (Å²) in [4.78, 5) is 0. The Balaban J connectivity index is 0. The summed E-state index contributed by atoms with van der Waals surface area (Å²) >= 11 is 0. The molecule has 0 aliphatic heterocycles. The van der Waals surface area contributed by atoms with E-state index in [2.05, 4.69) is 9.92 Å². The summed E-state index contributed by atoms with van der Waals surface area (Å²) in [6, 6.07) is 0. The van der Waals surface area contributed by atoms with Gasteiger partial charge in [-0.1, -0.05) is 0 Å². The summed E-state index contributed by atoms with van der Waals surface area (Å²) in [6.07, 6.45) is -1.01. The van der Waals surface area contributed by atoms with E-state index >= 15 is 0 Å². The normalized spacial score (nSPS) is 16.7. The molecule has 70 valence electrons. The van der Waals surface area contributed by atoms with E-state index < -0.39 is 21.6 Å². The molecule has 0 saturated carbocycles. The average Bonchev–Trinajstić information content (AvgIpc) is 1.86. The minimum atomic E-state index is -3.66. The molecule has 0 bridgehead atoms. The highest BCUT2D eigenvalue weighted by Crippen LogP contribution is 1.98. The lowest BCUT2D eigenvalue weighted by Crippen LogP contribution is -2.69. The highest BCUT2D eigenvalue weighted by Gasteiger charge is 2.29. The maximum atomic E-state index is 10.7. The van der Waals surface area contributed by atoms with Gasteiger partial charge in [0.25, 0.3) is 0 Å². The fourth-order valence-corrected chi connectivity index (χ4v) is 1.09. The maximum absolute atomic E-state index is 10.7. The number of aliphatic hydroxyl groups excluding tert-OH is 1. The lowest BCUT2D eigenvalue weighted by Gasteiger charge is -2.09. The molecule has 0 aliphatic carbocycles. The first-order chi connectivity index (χ1) is 4.41. The lowest BCUT2D eigenvalue weighted by molar-refractivity contribution is -0.405. The van der Waals surface area contributed by atoms with Gasteiger partial charge in [0.05, 0.1) is 7.11 Å². The van der Waals surface area contributed by atoms with E-state index in [4.69, 9.17) is 5.11 Å². The molecule has 0 aromatic rings. The van der Waals surface area contributed by atoms with Crippen molar-refractivity contribution in [3.05, 3.63) is 7.43 Å². The third-order valence-corrected chi connectivity index (χ3v) is 2.74. The zero-order valence-electron chi connectivity index (χ0n) is 6.94. The van der Waals surface area contributed by atoms with Gasteiger partial charge in [0.15, 0.2) is 0 Å².